The van der Waals surface area contributed by atoms with Crippen molar-refractivity contribution in [3.63, 3.8) is 0 Å². The minimum atomic E-state index is 0.0144. The molecule has 0 radical (unpaired) electrons. The first-order chi connectivity index (χ1) is 7.08. The fourth-order valence-corrected chi connectivity index (χ4v) is 1.65. The van der Waals surface area contributed by atoms with Gasteiger partial charge in [0.2, 0.25) is 0 Å². The van der Waals surface area contributed by atoms with Gasteiger partial charge in [-0.1, -0.05) is 11.6 Å². The third kappa shape index (κ3) is 1.68. The molecule has 3 heteroatoms. The molecule has 1 aromatic carbocycles. The molecule has 0 unspecified atom stereocenters. The first-order valence-corrected chi connectivity index (χ1v) is 4.80. The maximum Gasteiger partial charge on any atom is 0.141 e. The molecule has 2 rings (SSSR count). The molecule has 15 heavy (non-hydrogen) atoms. The van der Waals surface area contributed by atoms with Crippen LogP contribution in [0.5, 0.6) is 0 Å². The fourth-order valence-electron chi connectivity index (χ4n) is 1.65. The zero-order valence-corrected chi connectivity index (χ0v) is 8.83. The van der Waals surface area contributed by atoms with Crippen molar-refractivity contribution in [3.8, 4) is 0 Å². The fraction of sp³-hybridized carbons (Fsp3) is 0.167. The van der Waals surface area contributed by atoms with E-state index in [-0.39, 0.29) is 5.84 Å². The minimum Gasteiger partial charge on any atom is -0.382 e. The van der Waals surface area contributed by atoms with E-state index in [2.05, 4.69) is 18.0 Å². The van der Waals surface area contributed by atoms with Gasteiger partial charge in [-0.3, -0.25) is 5.41 Å². The number of fused-ring (bicyclic) bond motifs is 1. The van der Waals surface area contributed by atoms with E-state index in [4.69, 9.17) is 11.1 Å². The molecule has 76 valence electrons. The molecule has 0 spiro atoms. The van der Waals surface area contributed by atoms with Crippen LogP contribution in [0.4, 0.5) is 0 Å². The van der Waals surface area contributed by atoms with E-state index in [1.807, 2.05) is 25.1 Å². The summed E-state index contributed by atoms with van der Waals surface area (Å²) in [7, 11) is 0. The Bertz CT molecular complexity index is 544. The summed E-state index contributed by atoms with van der Waals surface area (Å²) in [5, 5.41) is 8.49. The zero-order chi connectivity index (χ0) is 11.0. The Morgan fingerprint density at radius 2 is 2.00 bits per heavy atom. The van der Waals surface area contributed by atoms with Crippen LogP contribution in [0.25, 0.3) is 10.9 Å². The van der Waals surface area contributed by atoms with Crippen LogP contribution in [0.2, 0.25) is 0 Å². The standard InChI is InChI=1S/C12H13N3/c1-7-3-4-10-9(5-7)8(2)6-11(15-10)12(13)14/h3-6H,1-2H3,(H3,13,14). The van der Waals surface area contributed by atoms with Crippen LogP contribution in [0.3, 0.4) is 0 Å². The molecule has 3 nitrogen and oxygen atoms in total. The van der Waals surface area contributed by atoms with E-state index in [0.717, 1.165) is 16.5 Å². The van der Waals surface area contributed by atoms with Gasteiger partial charge < -0.3 is 5.73 Å². The van der Waals surface area contributed by atoms with Gasteiger partial charge in [0, 0.05) is 5.39 Å². The number of amidine groups is 1. The van der Waals surface area contributed by atoms with Gasteiger partial charge in [0.05, 0.1) is 5.52 Å². The molecule has 0 atom stereocenters. The second-order valence-electron chi connectivity index (χ2n) is 3.76. The van der Waals surface area contributed by atoms with Crippen molar-refractivity contribution in [1.82, 2.24) is 4.98 Å². The lowest BCUT2D eigenvalue weighted by atomic mass is 10.1. The topological polar surface area (TPSA) is 62.8 Å². The number of hydrogen-bond donors (Lipinski definition) is 2. The molecule has 0 aliphatic carbocycles. The number of benzene rings is 1. The number of aromatic nitrogens is 1. The highest BCUT2D eigenvalue weighted by Gasteiger charge is 2.04. The average molecular weight is 199 g/mol. The van der Waals surface area contributed by atoms with Crippen LogP contribution in [0.15, 0.2) is 24.3 Å². The van der Waals surface area contributed by atoms with Crippen LogP contribution in [-0.2, 0) is 0 Å². The normalized spacial score (nSPS) is 10.5. The maximum absolute atomic E-state index is 7.36. The van der Waals surface area contributed by atoms with Gasteiger partial charge in [-0.05, 0) is 37.6 Å². The Morgan fingerprint density at radius 3 is 2.67 bits per heavy atom. The second-order valence-corrected chi connectivity index (χ2v) is 3.76. The molecule has 3 N–H and O–H groups in total. The molecule has 0 fully saturated rings. The van der Waals surface area contributed by atoms with Crippen LogP contribution in [0.1, 0.15) is 16.8 Å². The van der Waals surface area contributed by atoms with E-state index in [1.165, 1.54) is 5.56 Å². The highest BCUT2D eigenvalue weighted by Crippen LogP contribution is 2.18. The van der Waals surface area contributed by atoms with Gasteiger partial charge in [-0.2, -0.15) is 0 Å². The van der Waals surface area contributed by atoms with E-state index < -0.39 is 0 Å². The van der Waals surface area contributed by atoms with Crippen molar-refractivity contribution in [2.24, 2.45) is 5.73 Å². The van der Waals surface area contributed by atoms with E-state index >= 15 is 0 Å². The van der Waals surface area contributed by atoms with E-state index in [1.54, 1.807) is 0 Å². The summed E-state index contributed by atoms with van der Waals surface area (Å²) in [6.45, 7) is 4.06. The first-order valence-electron chi connectivity index (χ1n) is 4.80. The van der Waals surface area contributed by atoms with Crippen LogP contribution >= 0.6 is 0 Å². The molecular weight excluding hydrogens is 186 g/mol. The molecule has 0 saturated carbocycles. The number of nitrogens with two attached hydrogens (primary N) is 1. The Balaban J connectivity index is 2.78. The van der Waals surface area contributed by atoms with Crippen LogP contribution < -0.4 is 5.73 Å². The number of pyridine rings is 1. The Labute approximate surface area is 88.5 Å². The van der Waals surface area contributed by atoms with Crippen molar-refractivity contribution in [1.29, 1.82) is 5.41 Å². The lowest BCUT2D eigenvalue weighted by molar-refractivity contribution is 1.28. The van der Waals surface area contributed by atoms with Crippen molar-refractivity contribution in [3.05, 3.63) is 41.1 Å². The highest BCUT2D eigenvalue weighted by atomic mass is 14.8. The summed E-state index contributed by atoms with van der Waals surface area (Å²) in [5.74, 6) is 0.0144. The summed E-state index contributed by atoms with van der Waals surface area (Å²) in [4.78, 5) is 4.33. The molecule has 1 heterocycles. The monoisotopic (exact) mass is 199 g/mol. The third-order valence-electron chi connectivity index (χ3n) is 2.45. The molecule has 0 amide bonds. The summed E-state index contributed by atoms with van der Waals surface area (Å²) in [5.41, 5.74) is 9.18. The second kappa shape index (κ2) is 3.35. The maximum atomic E-state index is 7.36. The quantitative estimate of drug-likeness (QED) is 0.546. The largest absolute Gasteiger partial charge is 0.382 e. The molecule has 0 aliphatic heterocycles. The molecule has 1 aromatic heterocycles. The van der Waals surface area contributed by atoms with Crippen LogP contribution in [-0.4, -0.2) is 10.8 Å². The van der Waals surface area contributed by atoms with E-state index in [0.29, 0.717) is 5.69 Å². The van der Waals surface area contributed by atoms with Crippen LogP contribution in [0, 0.1) is 19.3 Å². The van der Waals surface area contributed by atoms with E-state index in [9.17, 15) is 0 Å². The van der Waals surface area contributed by atoms with Crippen molar-refractivity contribution >= 4 is 16.7 Å². The Hall–Kier alpha value is -1.90. The third-order valence-corrected chi connectivity index (χ3v) is 2.45. The van der Waals surface area contributed by atoms with Crippen molar-refractivity contribution in [2.75, 3.05) is 0 Å². The van der Waals surface area contributed by atoms with Crippen molar-refractivity contribution < 1.29 is 0 Å². The predicted octanol–water partition coefficient (Wildman–Crippen LogP) is 2.14. The van der Waals surface area contributed by atoms with Gasteiger partial charge in [0.25, 0.3) is 0 Å². The number of nitrogen functional groups attached to an aromatic ring is 1. The summed E-state index contributed by atoms with van der Waals surface area (Å²) in [6.07, 6.45) is 0. The molecular formula is C12H13N3. The lowest BCUT2D eigenvalue weighted by Gasteiger charge is -2.05. The Morgan fingerprint density at radius 1 is 1.27 bits per heavy atom. The van der Waals surface area contributed by atoms with Gasteiger partial charge in [-0.15, -0.1) is 0 Å². The van der Waals surface area contributed by atoms with Gasteiger partial charge in [0.15, 0.2) is 0 Å². The number of nitrogens with zero attached hydrogens (tertiary/aromatic N) is 1. The van der Waals surface area contributed by atoms with Gasteiger partial charge >= 0.3 is 0 Å². The minimum absolute atomic E-state index is 0.0144. The number of rotatable bonds is 1. The van der Waals surface area contributed by atoms with Gasteiger partial charge in [0.1, 0.15) is 11.5 Å². The first kappa shape index (κ1) is 9.65. The predicted molar refractivity (Wildman–Crippen MR) is 62.2 cm³/mol. The SMILES string of the molecule is Cc1ccc2nc(C(=N)N)cc(C)c2c1. The lowest BCUT2D eigenvalue weighted by Crippen LogP contribution is -2.13. The van der Waals surface area contributed by atoms with Gasteiger partial charge in [-0.25, -0.2) is 4.98 Å². The zero-order valence-electron chi connectivity index (χ0n) is 8.83. The summed E-state index contributed by atoms with van der Waals surface area (Å²) >= 11 is 0. The molecule has 2 aromatic rings. The molecule has 0 saturated heterocycles. The Kier molecular flexibility index (Phi) is 2.15. The highest BCUT2D eigenvalue weighted by molar-refractivity contribution is 5.96. The van der Waals surface area contributed by atoms with Crippen molar-refractivity contribution in [2.45, 2.75) is 13.8 Å². The summed E-state index contributed by atoms with van der Waals surface area (Å²) in [6, 6.07) is 7.93. The number of aryl methyl sites for hydroxylation is 2. The summed E-state index contributed by atoms with van der Waals surface area (Å²) < 4.78 is 0. The number of hydrogen-bond acceptors (Lipinski definition) is 2. The number of nitrogens with one attached hydrogen (secondary N) is 1. The average Bonchev–Trinajstić information content (AvgIpc) is 2.18. The smallest absolute Gasteiger partial charge is 0.141 e. The molecule has 0 aliphatic rings. The molecule has 0 bridgehead atoms.